The predicted molar refractivity (Wildman–Crippen MR) is 101 cm³/mol. The maximum absolute atomic E-state index is 11.7. The van der Waals surface area contributed by atoms with E-state index in [1.807, 2.05) is 0 Å². The summed E-state index contributed by atoms with van der Waals surface area (Å²) < 4.78 is 0. The van der Waals surface area contributed by atoms with Crippen LogP contribution in [0.25, 0.3) is 0 Å². The van der Waals surface area contributed by atoms with Gasteiger partial charge < -0.3 is 20.4 Å². The summed E-state index contributed by atoms with van der Waals surface area (Å²) in [5.41, 5.74) is 0. The standard InChI is InChI=1S/C16H32N4O.2ClH/c1-19(2)9-10-20-7-5-15(6-8-20)12-18-16(21)13-17-11-14-3-4-14;;/h14-15,17H,3-13H2,1-2H3,(H,18,21);2*1H. The maximum atomic E-state index is 11.7. The lowest BCUT2D eigenvalue weighted by Crippen LogP contribution is -2.42. The van der Waals surface area contributed by atoms with Crippen LogP contribution < -0.4 is 10.6 Å². The molecule has 138 valence electrons. The molecule has 0 radical (unpaired) electrons. The Hall–Kier alpha value is -0.0700. The van der Waals surface area contributed by atoms with Gasteiger partial charge in [-0.05, 0) is 71.2 Å². The highest BCUT2D eigenvalue weighted by molar-refractivity contribution is 5.85. The van der Waals surface area contributed by atoms with Gasteiger partial charge in [-0.3, -0.25) is 4.79 Å². The number of amides is 1. The molecule has 0 bridgehead atoms. The number of piperidine rings is 1. The Balaban J connectivity index is 0.00000242. The molecular formula is C16H34Cl2N4O. The van der Waals surface area contributed by atoms with Crippen molar-refractivity contribution in [1.82, 2.24) is 20.4 Å². The highest BCUT2D eigenvalue weighted by Crippen LogP contribution is 2.27. The first-order valence-electron chi connectivity index (χ1n) is 8.48. The van der Waals surface area contributed by atoms with Crippen molar-refractivity contribution in [1.29, 1.82) is 0 Å². The van der Waals surface area contributed by atoms with Crippen LogP contribution in [0.2, 0.25) is 0 Å². The van der Waals surface area contributed by atoms with Crippen LogP contribution >= 0.6 is 24.8 Å². The summed E-state index contributed by atoms with van der Waals surface area (Å²) in [5, 5.41) is 6.33. The van der Waals surface area contributed by atoms with E-state index < -0.39 is 0 Å². The summed E-state index contributed by atoms with van der Waals surface area (Å²) in [6.07, 6.45) is 5.09. The molecule has 0 aromatic carbocycles. The highest BCUT2D eigenvalue weighted by Gasteiger charge is 2.21. The van der Waals surface area contributed by atoms with Crippen LogP contribution in [0.1, 0.15) is 25.7 Å². The number of hydrogen-bond donors (Lipinski definition) is 2. The zero-order chi connectivity index (χ0) is 15.1. The molecule has 0 aromatic rings. The van der Waals surface area contributed by atoms with Gasteiger partial charge in [0, 0.05) is 19.6 Å². The second-order valence-corrected chi connectivity index (χ2v) is 6.97. The molecule has 1 amide bonds. The lowest BCUT2D eigenvalue weighted by Gasteiger charge is -2.32. The van der Waals surface area contributed by atoms with E-state index in [9.17, 15) is 4.79 Å². The second kappa shape index (κ2) is 12.3. The van der Waals surface area contributed by atoms with Gasteiger partial charge in [0.25, 0.3) is 0 Å². The van der Waals surface area contributed by atoms with Gasteiger partial charge in [-0.25, -0.2) is 0 Å². The Morgan fingerprint density at radius 3 is 2.22 bits per heavy atom. The van der Waals surface area contributed by atoms with Crippen molar-refractivity contribution in [2.75, 3.05) is 59.9 Å². The van der Waals surface area contributed by atoms with Gasteiger partial charge in [0.15, 0.2) is 0 Å². The maximum Gasteiger partial charge on any atom is 0.233 e. The van der Waals surface area contributed by atoms with Crippen LogP contribution in [0.5, 0.6) is 0 Å². The molecule has 1 saturated carbocycles. The molecule has 0 spiro atoms. The number of halogens is 2. The Labute approximate surface area is 153 Å². The number of likely N-dealkylation sites (tertiary alicyclic amines) is 1. The topological polar surface area (TPSA) is 47.6 Å². The van der Waals surface area contributed by atoms with E-state index in [1.165, 1.54) is 38.8 Å². The smallest absolute Gasteiger partial charge is 0.233 e. The number of likely N-dealkylation sites (N-methyl/N-ethyl adjacent to an activating group) is 1. The van der Waals surface area contributed by atoms with Crippen LogP contribution in [-0.2, 0) is 4.79 Å². The fourth-order valence-corrected chi connectivity index (χ4v) is 2.79. The second-order valence-electron chi connectivity index (χ2n) is 6.97. The van der Waals surface area contributed by atoms with Gasteiger partial charge in [-0.15, -0.1) is 24.8 Å². The third-order valence-electron chi connectivity index (χ3n) is 4.57. The van der Waals surface area contributed by atoms with Crippen molar-refractivity contribution in [2.24, 2.45) is 11.8 Å². The zero-order valence-electron chi connectivity index (χ0n) is 14.6. The van der Waals surface area contributed by atoms with E-state index in [4.69, 9.17) is 0 Å². The van der Waals surface area contributed by atoms with Gasteiger partial charge in [0.05, 0.1) is 6.54 Å². The van der Waals surface area contributed by atoms with E-state index >= 15 is 0 Å². The lowest BCUT2D eigenvalue weighted by atomic mass is 9.97. The minimum atomic E-state index is 0. The molecule has 1 aliphatic heterocycles. The largest absolute Gasteiger partial charge is 0.355 e. The molecule has 2 N–H and O–H groups in total. The number of carbonyl (C=O) groups is 1. The number of nitrogens with zero attached hydrogens (tertiary/aromatic N) is 2. The molecule has 2 fully saturated rings. The zero-order valence-corrected chi connectivity index (χ0v) is 16.2. The van der Waals surface area contributed by atoms with E-state index in [2.05, 4.69) is 34.5 Å². The van der Waals surface area contributed by atoms with Crippen molar-refractivity contribution in [3.63, 3.8) is 0 Å². The van der Waals surface area contributed by atoms with Crippen molar-refractivity contribution < 1.29 is 4.79 Å². The summed E-state index contributed by atoms with van der Waals surface area (Å²) in [6, 6.07) is 0. The first-order chi connectivity index (χ1) is 10.1. The molecule has 0 unspecified atom stereocenters. The normalized spacial score (nSPS) is 19.1. The average Bonchev–Trinajstić information content (AvgIpc) is 3.28. The number of hydrogen-bond acceptors (Lipinski definition) is 4. The first-order valence-corrected chi connectivity index (χ1v) is 8.48. The molecular weight excluding hydrogens is 335 g/mol. The van der Waals surface area contributed by atoms with E-state index in [0.717, 1.165) is 32.1 Å². The Kier molecular flexibility index (Phi) is 12.3. The van der Waals surface area contributed by atoms with Gasteiger partial charge >= 0.3 is 0 Å². The van der Waals surface area contributed by atoms with Gasteiger partial charge in [0.1, 0.15) is 0 Å². The minimum Gasteiger partial charge on any atom is -0.355 e. The number of carbonyl (C=O) groups excluding carboxylic acids is 1. The number of rotatable bonds is 9. The van der Waals surface area contributed by atoms with Crippen molar-refractivity contribution >= 4 is 30.7 Å². The Morgan fingerprint density at radius 1 is 1.04 bits per heavy atom. The summed E-state index contributed by atoms with van der Waals surface area (Å²) in [6.45, 7) is 7.00. The van der Waals surface area contributed by atoms with E-state index in [-0.39, 0.29) is 30.7 Å². The Bertz CT molecular complexity index is 319. The summed E-state index contributed by atoms with van der Waals surface area (Å²) >= 11 is 0. The lowest BCUT2D eigenvalue weighted by molar-refractivity contribution is -0.120. The fourth-order valence-electron chi connectivity index (χ4n) is 2.79. The van der Waals surface area contributed by atoms with Crippen molar-refractivity contribution in [3.8, 4) is 0 Å². The number of nitrogens with one attached hydrogen (secondary N) is 2. The minimum absolute atomic E-state index is 0. The van der Waals surface area contributed by atoms with E-state index in [0.29, 0.717) is 12.5 Å². The first kappa shape index (κ1) is 22.9. The molecule has 1 heterocycles. The van der Waals surface area contributed by atoms with Crippen LogP contribution in [-0.4, -0.2) is 75.6 Å². The third-order valence-corrected chi connectivity index (χ3v) is 4.57. The quantitative estimate of drug-likeness (QED) is 0.642. The van der Waals surface area contributed by atoms with E-state index in [1.54, 1.807) is 0 Å². The van der Waals surface area contributed by atoms with Gasteiger partial charge in [0.2, 0.25) is 5.91 Å². The van der Waals surface area contributed by atoms with Gasteiger partial charge in [-0.1, -0.05) is 0 Å². The molecule has 2 rings (SSSR count). The molecule has 5 nitrogen and oxygen atoms in total. The van der Waals surface area contributed by atoms with Gasteiger partial charge in [-0.2, -0.15) is 0 Å². The average molecular weight is 369 g/mol. The molecule has 23 heavy (non-hydrogen) atoms. The summed E-state index contributed by atoms with van der Waals surface area (Å²) in [4.78, 5) is 16.5. The van der Waals surface area contributed by atoms with Crippen molar-refractivity contribution in [2.45, 2.75) is 25.7 Å². The molecule has 0 atom stereocenters. The SMILES string of the molecule is CN(C)CCN1CCC(CNC(=O)CNCC2CC2)CC1.Cl.Cl. The molecule has 0 aromatic heterocycles. The van der Waals surface area contributed by atoms with Crippen LogP contribution in [0.15, 0.2) is 0 Å². The van der Waals surface area contributed by atoms with Crippen LogP contribution in [0.4, 0.5) is 0 Å². The summed E-state index contributed by atoms with van der Waals surface area (Å²) in [7, 11) is 4.25. The molecule has 2 aliphatic rings. The third kappa shape index (κ3) is 10.4. The van der Waals surface area contributed by atoms with Crippen LogP contribution in [0, 0.1) is 11.8 Å². The molecule has 1 aliphatic carbocycles. The Morgan fingerprint density at radius 2 is 1.65 bits per heavy atom. The molecule has 1 saturated heterocycles. The monoisotopic (exact) mass is 368 g/mol. The predicted octanol–water partition coefficient (Wildman–Crippen LogP) is 1.22. The summed E-state index contributed by atoms with van der Waals surface area (Å²) in [5.74, 6) is 1.66. The fraction of sp³-hybridized carbons (Fsp3) is 0.938. The van der Waals surface area contributed by atoms with Crippen molar-refractivity contribution in [3.05, 3.63) is 0 Å². The van der Waals surface area contributed by atoms with Crippen LogP contribution in [0.3, 0.4) is 0 Å². The molecule has 7 heteroatoms. The highest BCUT2D eigenvalue weighted by atomic mass is 35.5.